The fourth-order valence-corrected chi connectivity index (χ4v) is 3.64. The van der Waals surface area contributed by atoms with Gasteiger partial charge < -0.3 is 20.1 Å². The maximum atomic E-state index is 13.4. The van der Waals surface area contributed by atoms with E-state index in [1.807, 2.05) is 0 Å². The average Bonchev–Trinajstić information content (AvgIpc) is 3.17. The van der Waals surface area contributed by atoms with Crippen molar-refractivity contribution in [3.8, 4) is 5.75 Å². The Bertz CT molecular complexity index is 994. The van der Waals surface area contributed by atoms with Gasteiger partial charge in [-0.1, -0.05) is 18.2 Å². The summed E-state index contributed by atoms with van der Waals surface area (Å²) in [4.78, 5) is 38.9. The third-order valence-electron chi connectivity index (χ3n) is 5.03. The van der Waals surface area contributed by atoms with Gasteiger partial charge in [0, 0.05) is 12.1 Å². The average molecular weight is 399 g/mol. The molecule has 29 heavy (non-hydrogen) atoms. The van der Waals surface area contributed by atoms with E-state index < -0.39 is 23.3 Å². The summed E-state index contributed by atoms with van der Waals surface area (Å²) < 4.78 is 18.7. The Kier molecular flexibility index (Phi) is 4.67. The van der Waals surface area contributed by atoms with Crippen molar-refractivity contribution in [2.24, 2.45) is 0 Å². The molecule has 2 aromatic carbocycles. The zero-order valence-electron chi connectivity index (χ0n) is 15.3. The fourth-order valence-electron chi connectivity index (χ4n) is 3.64. The Morgan fingerprint density at radius 3 is 2.55 bits per heavy atom. The number of rotatable bonds is 6. The predicted molar refractivity (Wildman–Crippen MR) is 98.5 cm³/mol. The molecule has 1 atom stereocenters. The molecule has 2 heterocycles. The number of aliphatic hydroxyl groups excluding tert-OH is 1. The second-order valence-electron chi connectivity index (χ2n) is 6.87. The largest absolute Gasteiger partial charge is 0.491 e. The van der Waals surface area contributed by atoms with Gasteiger partial charge in [0.15, 0.2) is 5.54 Å². The van der Waals surface area contributed by atoms with Gasteiger partial charge in [0.25, 0.3) is 11.8 Å². The molecule has 0 bridgehead atoms. The van der Waals surface area contributed by atoms with Gasteiger partial charge in [-0.2, -0.15) is 0 Å². The summed E-state index contributed by atoms with van der Waals surface area (Å²) in [7, 11) is 0. The van der Waals surface area contributed by atoms with Crippen LogP contribution in [0.4, 0.5) is 9.18 Å². The molecule has 1 fully saturated rings. The first-order valence-corrected chi connectivity index (χ1v) is 8.98. The number of hydrogen-bond donors (Lipinski definition) is 3. The van der Waals surface area contributed by atoms with Crippen molar-refractivity contribution >= 4 is 17.8 Å². The van der Waals surface area contributed by atoms with E-state index in [9.17, 15) is 18.8 Å². The van der Waals surface area contributed by atoms with Gasteiger partial charge in [-0.25, -0.2) is 9.18 Å². The highest BCUT2D eigenvalue weighted by Crippen LogP contribution is 2.32. The molecule has 0 unspecified atom stereocenters. The van der Waals surface area contributed by atoms with Gasteiger partial charge in [-0.3, -0.25) is 14.9 Å². The Morgan fingerprint density at radius 1 is 1.14 bits per heavy atom. The van der Waals surface area contributed by atoms with Gasteiger partial charge >= 0.3 is 6.03 Å². The third-order valence-corrected chi connectivity index (χ3v) is 5.03. The van der Waals surface area contributed by atoms with Gasteiger partial charge in [0.05, 0.1) is 13.2 Å². The fraction of sp³-hybridized carbons (Fsp3) is 0.250. The number of amides is 4. The summed E-state index contributed by atoms with van der Waals surface area (Å²) in [6.07, 6.45) is 0. The van der Waals surface area contributed by atoms with E-state index in [0.717, 1.165) is 5.56 Å². The number of imide groups is 1. The Hall–Kier alpha value is -3.46. The SMILES string of the molecule is O=C1NC(=O)[C@](CN2Cc3ccc(OCCO)cc3C2=O)(c2ccc(F)cc2)N1. The molecule has 1 saturated heterocycles. The monoisotopic (exact) mass is 399 g/mol. The van der Waals surface area contributed by atoms with Crippen LogP contribution in [0.5, 0.6) is 5.75 Å². The molecular weight excluding hydrogens is 381 g/mol. The quantitative estimate of drug-likeness (QED) is 0.626. The topological polar surface area (TPSA) is 108 Å². The van der Waals surface area contributed by atoms with Crippen molar-refractivity contribution in [3.63, 3.8) is 0 Å². The summed E-state index contributed by atoms with van der Waals surface area (Å²) in [5.41, 5.74) is 0.0429. The zero-order chi connectivity index (χ0) is 20.6. The van der Waals surface area contributed by atoms with Crippen molar-refractivity contribution in [2.75, 3.05) is 19.8 Å². The van der Waals surface area contributed by atoms with Crippen LogP contribution in [0.3, 0.4) is 0 Å². The molecule has 4 rings (SSSR count). The van der Waals surface area contributed by atoms with Crippen LogP contribution in [0, 0.1) is 5.82 Å². The Morgan fingerprint density at radius 2 is 1.90 bits per heavy atom. The second kappa shape index (κ2) is 7.17. The van der Waals surface area contributed by atoms with Crippen molar-refractivity contribution in [1.82, 2.24) is 15.5 Å². The minimum Gasteiger partial charge on any atom is -0.491 e. The molecule has 0 radical (unpaired) electrons. The van der Waals surface area contributed by atoms with Crippen LogP contribution in [0.15, 0.2) is 42.5 Å². The lowest BCUT2D eigenvalue weighted by Gasteiger charge is -2.31. The lowest BCUT2D eigenvalue weighted by molar-refractivity contribution is -0.124. The van der Waals surface area contributed by atoms with Gasteiger partial charge in [-0.15, -0.1) is 0 Å². The highest BCUT2D eigenvalue weighted by molar-refractivity contribution is 6.08. The lowest BCUT2D eigenvalue weighted by Crippen LogP contribution is -2.52. The predicted octanol–water partition coefficient (Wildman–Crippen LogP) is 0.887. The van der Waals surface area contributed by atoms with Crippen molar-refractivity contribution in [2.45, 2.75) is 12.1 Å². The normalized spacial score (nSPS) is 20.5. The molecule has 9 heteroatoms. The first kappa shape index (κ1) is 18.9. The van der Waals surface area contributed by atoms with Crippen LogP contribution in [0.25, 0.3) is 0 Å². The molecule has 0 aromatic heterocycles. The molecular formula is C20H18FN3O5. The molecule has 2 aromatic rings. The smallest absolute Gasteiger partial charge is 0.322 e. The molecule has 2 aliphatic heterocycles. The van der Waals surface area contributed by atoms with Crippen LogP contribution < -0.4 is 15.4 Å². The molecule has 2 aliphatic rings. The van der Waals surface area contributed by atoms with Crippen molar-refractivity contribution < 1.29 is 28.6 Å². The molecule has 4 amide bonds. The van der Waals surface area contributed by atoms with E-state index in [1.165, 1.54) is 29.2 Å². The van der Waals surface area contributed by atoms with Gasteiger partial charge in [0.2, 0.25) is 0 Å². The van der Waals surface area contributed by atoms with Crippen LogP contribution in [-0.2, 0) is 16.9 Å². The molecule has 3 N–H and O–H groups in total. The molecule has 150 valence electrons. The van der Waals surface area contributed by atoms with Gasteiger partial charge in [-0.05, 0) is 35.4 Å². The zero-order valence-corrected chi connectivity index (χ0v) is 15.3. The summed E-state index contributed by atoms with van der Waals surface area (Å²) in [6.45, 7) is 0.0970. The summed E-state index contributed by atoms with van der Waals surface area (Å²) in [5.74, 6) is -0.948. The Labute approximate surface area is 165 Å². The number of urea groups is 1. The number of carbonyl (C=O) groups is 3. The number of ether oxygens (including phenoxy) is 1. The molecule has 8 nitrogen and oxygen atoms in total. The van der Waals surface area contributed by atoms with Gasteiger partial charge in [0.1, 0.15) is 18.2 Å². The number of halogens is 1. The van der Waals surface area contributed by atoms with E-state index in [-0.39, 0.29) is 32.2 Å². The highest BCUT2D eigenvalue weighted by Gasteiger charge is 2.50. The number of carbonyl (C=O) groups excluding carboxylic acids is 3. The number of hydrogen-bond acceptors (Lipinski definition) is 5. The third kappa shape index (κ3) is 3.29. The molecule has 0 saturated carbocycles. The Balaban J connectivity index is 1.63. The summed E-state index contributed by atoms with van der Waals surface area (Å²) >= 11 is 0. The maximum absolute atomic E-state index is 13.4. The first-order valence-electron chi connectivity index (χ1n) is 8.98. The number of fused-ring (bicyclic) bond motifs is 1. The van der Waals surface area contributed by atoms with Crippen molar-refractivity contribution in [3.05, 3.63) is 65.0 Å². The standard InChI is InChI=1S/C20H18FN3O5/c21-14-4-2-13(3-5-14)20(18(27)22-19(28)23-20)11-24-10-12-1-6-15(29-8-7-25)9-16(12)17(24)26/h1-6,9,25H,7-8,10-11H2,(H2,22,23,27,28)/t20-/m0/s1. The number of nitrogens with one attached hydrogen (secondary N) is 2. The number of aliphatic hydroxyl groups is 1. The van der Waals surface area contributed by atoms with Crippen LogP contribution in [0.1, 0.15) is 21.5 Å². The van der Waals surface area contributed by atoms with Crippen molar-refractivity contribution in [1.29, 1.82) is 0 Å². The van der Waals surface area contributed by atoms with Crippen LogP contribution >= 0.6 is 0 Å². The minimum absolute atomic E-state index is 0.108. The van der Waals surface area contributed by atoms with E-state index in [2.05, 4.69) is 10.6 Å². The molecule has 0 spiro atoms. The minimum atomic E-state index is -1.52. The van der Waals surface area contributed by atoms with E-state index >= 15 is 0 Å². The van der Waals surface area contributed by atoms with Crippen LogP contribution in [0.2, 0.25) is 0 Å². The summed E-state index contributed by atoms with van der Waals surface area (Å²) in [5, 5.41) is 13.7. The number of benzene rings is 2. The number of nitrogens with zero attached hydrogens (tertiary/aromatic N) is 1. The second-order valence-corrected chi connectivity index (χ2v) is 6.87. The van der Waals surface area contributed by atoms with Crippen LogP contribution in [-0.4, -0.2) is 47.6 Å². The van der Waals surface area contributed by atoms with E-state index in [4.69, 9.17) is 9.84 Å². The van der Waals surface area contributed by atoms with E-state index in [0.29, 0.717) is 16.9 Å². The highest BCUT2D eigenvalue weighted by atomic mass is 19.1. The van der Waals surface area contributed by atoms with E-state index in [1.54, 1.807) is 18.2 Å². The summed E-state index contributed by atoms with van der Waals surface area (Å²) in [6, 6.07) is 9.57. The maximum Gasteiger partial charge on any atom is 0.322 e. The lowest BCUT2D eigenvalue weighted by atomic mass is 9.89. The molecule has 0 aliphatic carbocycles. The first-order chi connectivity index (χ1) is 13.9.